The van der Waals surface area contributed by atoms with Crippen LogP contribution in [0.2, 0.25) is 0 Å². The molecule has 1 heteroatoms. The van der Waals surface area contributed by atoms with E-state index in [1.54, 1.807) is 0 Å². The molecule has 0 amide bonds. The van der Waals surface area contributed by atoms with E-state index in [0.29, 0.717) is 5.78 Å². The van der Waals surface area contributed by atoms with Gasteiger partial charge in [-0.2, -0.15) is 0 Å². The van der Waals surface area contributed by atoms with Crippen molar-refractivity contribution >= 4 is 5.78 Å². The quantitative estimate of drug-likeness (QED) is 0.588. The van der Waals surface area contributed by atoms with E-state index in [2.05, 4.69) is 6.07 Å². The van der Waals surface area contributed by atoms with Crippen molar-refractivity contribution in [1.82, 2.24) is 0 Å². The molecule has 0 radical (unpaired) electrons. The molecule has 0 aliphatic heterocycles. The molecule has 0 N–H and O–H groups in total. The Bertz CT molecular complexity index is 374. The third-order valence-corrected chi connectivity index (χ3v) is 3.58. The summed E-state index contributed by atoms with van der Waals surface area (Å²) in [5, 5.41) is 0. The van der Waals surface area contributed by atoms with Crippen LogP contribution in [0.15, 0.2) is 24.3 Å². The Hall–Kier alpha value is -1.11. The van der Waals surface area contributed by atoms with Crippen molar-refractivity contribution in [2.45, 2.75) is 25.7 Å². The van der Waals surface area contributed by atoms with Crippen LogP contribution in [0.4, 0.5) is 0 Å². The SMILES string of the molecule is O=C1c2ccccc2CC12CCC2. The van der Waals surface area contributed by atoms with Crippen LogP contribution in [-0.2, 0) is 6.42 Å². The number of hydrogen-bond acceptors (Lipinski definition) is 1. The minimum Gasteiger partial charge on any atom is -0.294 e. The number of carbonyl (C=O) groups excluding carboxylic acids is 1. The first-order valence-electron chi connectivity index (χ1n) is 4.95. The standard InChI is InChI=1S/C12H12O/c13-11-10-5-2-1-4-9(10)8-12(11)6-3-7-12/h1-2,4-5H,3,6-8H2. The van der Waals surface area contributed by atoms with Crippen LogP contribution in [-0.4, -0.2) is 5.78 Å². The highest BCUT2D eigenvalue weighted by Crippen LogP contribution is 2.50. The normalized spacial score (nSPS) is 22.9. The second kappa shape index (κ2) is 2.22. The third-order valence-electron chi connectivity index (χ3n) is 3.58. The van der Waals surface area contributed by atoms with Crippen molar-refractivity contribution < 1.29 is 4.79 Å². The van der Waals surface area contributed by atoms with E-state index in [1.807, 2.05) is 18.2 Å². The second-order valence-corrected chi connectivity index (χ2v) is 4.30. The van der Waals surface area contributed by atoms with Gasteiger partial charge in [0.25, 0.3) is 0 Å². The highest BCUT2D eigenvalue weighted by Gasteiger charge is 2.48. The van der Waals surface area contributed by atoms with E-state index in [0.717, 1.165) is 24.8 Å². The zero-order valence-electron chi connectivity index (χ0n) is 7.55. The lowest BCUT2D eigenvalue weighted by atomic mass is 9.66. The molecule has 1 saturated carbocycles. The van der Waals surface area contributed by atoms with E-state index in [4.69, 9.17) is 0 Å². The summed E-state index contributed by atoms with van der Waals surface area (Å²) < 4.78 is 0. The van der Waals surface area contributed by atoms with Crippen LogP contribution in [0, 0.1) is 5.41 Å². The summed E-state index contributed by atoms with van der Waals surface area (Å²) in [5.41, 5.74) is 2.30. The predicted molar refractivity (Wildman–Crippen MR) is 50.8 cm³/mol. The number of hydrogen-bond donors (Lipinski definition) is 0. The molecule has 66 valence electrons. The van der Waals surface area contributed by atoms with Gasteiger partial charge in [0.2, 0.25) is 0 Å². The predicted octanol–water partition coefficient (Wildman–Crippen LogP) is 2.60. The van der Waals surface area contributed by atoms with E-state index in [1.165, 1.54) is 12.0 Å². The Kier molecular flexibility index (Phi) is 1.25. The van der Waals surface area contributed by atoms with Crippen LogP contribution >= 0.6 is 0 Å². The zero-order valence-corrected chi connectivity index (χ0v) is 7.55. The molecule has 0 bridgehead atoms. The van der Waals surface area contributed by atoms with Crippen LogP contribution < -0.4 is 0 Å². The molecular weight excluding hydrogens is 160 g/mol. The van der Waals surface area contributed by atoms with E-state index in [-0.39, 0.29) is 5.41 Å². The van der Waals surface area contributed by atoms with Gasteiger partial charge in [-0.25, -0.2) is 0 Å². The highest BCUT2D eigenvalue weighted by atomic mass is 16.1. The highest BCUT2D eigenvalue weighted by molar-refractivity contribution is 6.05. The largest absolute Gasteiger partial charge is 0.294 e. The van der Waals surface area contributed by atoms with Gasteiger partial charge in [0, 0.05) is 11.0 Å². The summed E-state index contributed by atoms with van der Waals surface area (Å²) in [4.78, 5) is 12.0. The topological polar surface area (TPSA) is 17.1 Å². The van der Waals surface area contributed by atoms with E-state index >= 15 is 0 Å². The van der Waals surface area contributed by atoms with Gasteiger partial charge >= 0.3 is 0 Å². The first-order valence-corrected chi connectivity index (χ1v) is 4.95. The van der Waals surface area contributed by atoms with Crippen LogP contribution in [0.1, 0.15) is 35.2 Å². The smallest absolute Gasteiger partial charge is 0.169 e. The molecule has 13 heavy (non-hydrogen) atoms. The van der Waals surface area contributed by atoms with Gasteiger partial charge in [0.15, 0.2) is 5.78 Å². The molecule has 1 fully saturated rings. The fourth-order valence-corrected chi connectivity index (χ4v) is 2.63. The van der Waals surface area contributed by atoms with Gasteiger partial charge in [0.05, 0.1) is 0 Å². The lowest BCUT2D eigenvalue weighted by Crippen LogP contribution is -2.35. The first-order chi connectivity index (χ1) is 6.32. The molecule has 2 aliphatic carbocycles. The summed E-state index contributed by atoms with van der Waals surface area (Å²) in [6.07, 6.45) is 4.46. The minimum atomic E-state index is 0.0453. The van der Waals surface area contributed by atoms with Gasteiger partial charge in [-0.3, -0.25) is 4.79 Å². The number of ketones is 1. The lowest BCUT2D eigenvalue weighted by Gasteiger charge is -2.36. The Morgan fingerprint density at radius 1 is 1.15 bits per heavy atom. The van der Waals surface area contributed by atoms with Crippen molar-refractivity contribution in [2.75, 3.05) is 0 Å². The molecule has 0 heterocycles. The van der Waals surface area contributed by atoms with E-state index < -0.39 is 0 Å². The van der Waals surface area contributed by atoms with Crippen LogP contribution in [0.5, 0.6) is 0 Å². The number of rotatable bonds is 0. The van der Waals surface area contributed by atoms with Gasteiger partial charge in [-0.1, -0.05) is 30.7 Å². The summed E-state index contributed by atoms with van der Waals surface area (Å²) in [6.45, 7) is 0. The number of carbonyl (C=O) groups is 1. The summed E-state index contributed by atoms with van der Waals surface area (Å²) in [7, 11) is 0. The van der Waals surface area contributed by atoms with Crippen molar-refractivity contribution in [3.8, 4) is 0 Å². The van der Waals surface area contributed by atoms with Gasteiger partial charge in [0.1, 0.15) is 0 Å². The number of benzene rings is 1. The molecule has 1 spiro atoms. The molecule has 0 unspecified atom stereocenters. The second-order valence-electron chi connectivity index (χ2n) is 4.30. The molecule has 0 saturated heterocycles. The molecule has 1 nitrogen and oxygen atoms in total. The van der Waals surface area contributed by atoms with Crippen molar-refractivity contribution in [2.24, 2.45) is 5.41 Å². The molecule has 2 aliphatic rings. The van der Waals surface area contributed by atoms with E-state index in [9.17, 15) is 4.79 Å². The third kappa shape index (κ3) is 0.796. The molecule has 1 aromatic carbocycles. The van der Waals surface area contributed by atoms with Gasteiger partial charge in [-0.15, -0.1) is 0 Å². The molecule has 0 aromatic heterocycles. The maximum absolute atomic E-state index is 12.0. The zero-order chi connectivity index (χ0) is 8.89. The summed E-state index contributed by atoms with van der Waals surface area (Å²) in [5.74, 6) is 0.411. The average Bonchev–Trinajstić information content (AvgIpc) is 2.40. The van der Waals surface area contributed by atoms with Crippen LogP contribution in [0.3, 0.4) is 0 Å². The van der Waals surface area contributed by atoms with Gasteiger partial charge in [-0.05, 0) is 24.8 Å². The Morgan fingerprint density at radius 3 is 2.54 bits per heavy atom. The molecule has 0 atom stereocenters. The number of fused-ring (bicyclic) bond motifs is 1. The first kappa shape index (κ1) is 7.31. The maximum Gasteiger partial charge on any atom is 0.169 e. The average molecular weight is 172 g/mol. The Balaban J connectivity index is 2.11. The minimum absolute atomic E-state index is 0.0453. The summed E-state index contributed by atoms with van der Waals surface area (Å²) in [6, 6.07) is 8.07. The summed E-state index contributed by atoms with van der Waals surface area (Å²) >= 11 is 0. The van der Waals surface area contributed by atoms with Crippen LogP contribution in [0.25, 0.3) is 0 Å². The lowest BCUT2D eigenvalue weighted by molar-refractivity contribution is 0.0655. The maximum atomic E-state index is 12.0. The fourth-order valence-electron chi connectivity index (χ4n) is 2.63. The molecule has 3 rings (SSSR count). The monoisotopic (exact) mass is 172 g/mol. The molecular formula is C12H12O. The Morgan fingerprint density at radius 2 is 1.92 bits per heavy atom. The van der Waals surface area contributed by atoms with Gasteiger partial charge < -0.3 is 0 Å². The number of Topliss-reactive ketones (excluding diaryl/α,β-unsaturated/α-hetero) is 1. The Labute approximate surface area is 77.8 Å². The van der Waals surface area contributed by atoms with Crippen molar-refractivity contribution in [3.05, 3.63) is 35.4 Å². The van der Waals surface area contributed by atoms with Crippen molar-refractivity contribution in [3.63, 3.8) is 0 Å². The molecule has 1 aromatic rings. The van der Waals surface area contributed by atoms with Crippen molar-refractivity contribution in [1.29, 1.82) is 0 Å². The fraction of sp³-hybridized carbons (Fsp3) is 0.417.